The first kappa shape index (κ1) is 18.9. The van der Waals surface area contributed by atoms with Gasteiger partial charge in [0.05, 0.1) is 32.5 Å². The lowest BCUT2D eigenvalue weighted by Gasteiger charge is -2.17. The fraction of sp³-hybridized carbons (Fsp3) is 1.00. The molecule has 116 valence electrons. The molecule has 0 aliphatic carbocycles. The van der Waals surface area contributed by atoms with Gasteiger partial charge in [0.25, 0.3) is 0 Å². The Hall–Kier alpha value is -0.120. The van der Waals surface area contributed by atoms with E-state index in [9.17, 15) is 0 Å². The van der Waals surface area contributed by atoms with E-state index in [4.69, 9.17) is 14.6 Å². The summed E-state index contributed by atoms with van der Waals surface area (Å²) in [4.78, 5) is 0. The summed E-state index contributed by atoms with van der Waals surface area (Å²) in [6.07, 6.45) is 11.9. The van der Waals surface area contributed by atoms with Crippen molar-refractivity contribution in [1.29, 1.82) is 0 Å². The second-order valence-corrected chi connectivity index (χ2v) is 5.17. The zero-order chi connectivity index (χ0) is 14.2. The minimum absolute atomic E-state index is 0.0939. The number of unbranched alkanes of at least 4 members (excludes halogenated alkanes) is 5. The van der Waals surface area contributed by atoms with Crippen molar-refractivity contribution >= 4 is 0 Å². The highest BCUT2D eigenvalue weighted by Gasteiger charge is 2.08. The van der Waals surface area contributed by atoms with E-state index in [2.05, 4.69) is 13.8 Å². The third-order valence-corrected chi connectivity index (χ3v) is 3.33. The first-order valence-electron chi connectivity index (χ1n) is 8.15. The molecule has 0 aromatic rings. The molecule has 0 fully saturated rings. The summed E-state index contributed by atoms with van der Waals surface area (Å²) in [6, 6.07) is 0. The van der Waals surface area contributed by atoms with Gasteiger partial charge in [-0.15, -0.1) is 0 Å². The number of hydrogen-bond acceptors (Lipinski definition) is 3. The normalized spacial score (nSPS) is 12.8. The average molecular weight is 274 g/mol. The fourth-order valence-corrected chi connectivity index (χ4v) is 2.16. The summed E-state index contributed by atoms with van der Waals surface area (Å²) >= 11 is 0. The van der Waals surface area contributed by atoms with Gasteiger partial charge in [-0.2, -0.15) is 0 Å². The van der Waals surface area contributed by atoms with Crippen LogP contribution in [-0.4, -0.2) is 37.6 Å². The third kappa shape index (κ3) is 14.1. The Balaban J connectivity index is 3.57. The molecule has 0 aliphatic heterocycles. The van der Waals surface area contributed by atoms with E-state index < -0.39 is 0 Å². The van der Waals surface area contributed by atoms with Crippen LogP contribution in [0.5, 0.6) is 0 Å². The molecule has 0 rings (SSSR count). The van der Waals surface area contributed by atoms with Crippen molar-refractivity contribution in [2.75, 3.05) is 26.4 Å². The molecule has 3 nitrogen and oxygen atoms in total. The van der Waals surface area contributed by atoms with E-state index >= 15 is 0 Å². The Labute approximate surface area is 119 Å². The average Bonchev–Trinajstić information content (AvgIpc) is 2.43. The summed E-state index contributed by atoms with van der Waals surface area (Å²) < 4.78 is 11.1. The molecule has 19 heavy (non-hydrogen) atoms. The van der Waals surface area contributed by atoms with Gasteiger partial charge >= 0.3 is 0 Å². The molecule has 0 aliphatic rings. The lowest BCUT2D eigenvalue weighted by Crippen LogP contribution is -2.17. The number of rotatable bonds is 15. The van der Waals surface area contributed by atoms with E-state index in [1.807, 2.05) is 0 Å². The van der Waals surface area contributed by atoms with Gasteiger partial charge in [-0.1, -0.05) is 58.8 Å². The van der Waals surface area contributed by atoms with Crippen molar-refractivity contribution < 1.29 is 14.6 Å². The molecule has 0 radical (unpaired) electrons. The van der Waals surface area contributed by atoms with Crippen LogP contribution in [0.1, 0.15) is 71.6 Å². The zero-order valence-electron chi connectivity index (χ0n) is 13.0. The largest absolute Gasteiger partial charge is 0.394 e. The van der Waals surface area contributed by atoms with Gasteiger partial charge in [-0.25, -0.2) is 0 Å². The zero-order valence-corrected chi connectivity index (χ0v) is 13.0. The summed E-state index contributed by atoms with van der Waals surface area (Å²) in [5.41, 5.74) is 0. The van der Waals surface area contributed by atoms with Crippen LogP contribution >= 0.6 is 0 Å². The molecule has 0 saturated heterocycles. The molecule has 0 saturated carbocycles. The van der Waals surface area contributed by atoms with Crippen molar-refractivity contribution in [2.45, 2.75) is 77.7 Å². The molecular weight excluding hydrogens is 240 g/mol. The van der Waals surface area contributed by atoms with E-state index in [0.717, 1.165) is 0 Å². The lowest BCUT2D eigenvalue weighted by molar-refractivity contribution is -0.00991. The predicted octanol–water partition coefficient (Wildman–Crippen LogP) is 3.93. The van der Waals surface area contributed by atoms with Gasteiger partial charge in [0, 0.05) is 0 Å². The van der Waals surface area contributed by atoms with Crippen LogP contribution in [0.2, 0.25) is 0 Å². The van der Waals surface area contributed by atoms with E-state index in [0.29, 0.717) is 25.9 Å². The fourth-order valence-electron chi connectivity index (χ4n) is 2.16. The van der Waals surface area contributed by atoms with Crippen LogP contribution in [0.15, 0.2) is 0 Å². The van der Waals surface area contributed by atoms with Crippen molar-refractivity contribution in [3.05, 3.63) is 0 Å². The molecule has 0 heterocycles. The van der Waals surface area contributed by atoms with Gasteiger partial charge in [0.2, 0.25) is 0 Å². The number of hydrogen-bond donors (Lipinski definition) is 1. The second kappa shape index (κ2) is 15.9. The molecule has 1 atom stereocenters. The first-order valence-corrected chi connectivity index (χ1v) is 8.15. The Morgan fingerprint density at radius 2 is 1.47 bits per heavy atom. The second-order valence-electron chi connectivity index (χ2n) is 5.17. The van der Waals surface area contributed by atoms with Crippen molar-refractivity contribution in [3.63, 3.8) is 0 Å². The Morgan fingerprint density at radius 3 is 2.16 bits per heavy atom. The van der Waals surface area contributed by atoms with Crippen LogP contribution in [0.4, 0.5) is 0 Å². The van der Waals surface area contributed by atoms with Crippen LogP contribution in [-0.2, 0) is 9.47 Å². The van der Waals surface area contributed by atoms with Gasteiger partial charge in [0.15, 0.2) is 0 Å². The summed E-state index contributed by atoms with van der Waals surface area (Å²) in [5, 5.41) is 8.61. The molecule has 0 spiro atoms. The Bertz CT molecular complexity index is 148. The highest BCUT2D eigenvalue weighted by Crippen LogP contribution is 2.14. The number of aliphatic hydroxyl groups excluding tert-OH is 1. The molecule has 1 unspecified atom stereocenters. The van der Waals surface area contributed by atoms with Crippen molar-refractivity contribution in [1.82, 2.24) is 0 Å². The molecule has 1 N–H and O–H groups in total. The highest BCUT2D eigenvalue weighted by molar-refractivity contribution is 4.59. The SMILES string of the molecule is CCCCCCCC(CCCC)OCCOCCO. The van der Waals surface area contributed by atoms with Gasteiger partial charge in [0.1, 0.15) is 0 Å². The van der Waals surface area contributed by atoms with Gasteiger partial charge in [-0.05, 0) is 12.8 Å². The number of ether oxygens (including phenoxy) is 2. The maximum Gasteiger partial charge on any atom is 0.0704 e. The van der Waals surface area contributed by atoms with Crippen LogP contribution < -0.4 is 0 Å². The molecule has 0 bridgehead atoms. The first-order chi connectivity index (χ1) is 9.35. The standard InChI is InChI=1S/C16H34O3/c1-3-5-7-8-9-11-16(10-6-4-2)19-15-14-18-13-12-17/h16-17H,3-15H2,1-2H3. The van der Waals surface area contributed by atoms with Crippen LogP contribution in [0, 0.1) is 0 Å². The van der Waals surface area contributed by atoms with E-state index in [1.54, 1.807) is 0 Å². The molecule has 0 aromatic carbocycles. The summed E-state index contributed by atoms with van der Waals surface area (Å²) in [6.45, 7) is 6.24. The number of aliphatic hydroxyl groups is 1. The molecule has 0 amide bonds. The highest BCUT2D eigenvalue weighted by atomic mass is 16.5. The summed E-state index contributed by atoms with van der Waals surface area (Å²) in [7, 11) is 0. The Kier molecular flexibility index (Phi) is 15.8. The van der Waals surface area contributed by atoms with Gasteiger partial charge in [-0.3, -0.25) is 0 Å². The van der Waals surface area contributed by atoms with Crippen molar-refractivity contribution in [3.8, 4) is 0 Å². The van der Waals surface area contributed by atoms with Crippen LogP contribution in [0.3, 0.4) is 0 Å². The Morgan fingerprint density at radius 1 is 0.789 bits per heavy atom. The minimum Gasteiger partial charge on any atom is -0.394 e. The molecule has 0 aromatic heterocycles. The minimum atomic E-state index is 0.0939. The maximum atomic E-state index is 8.61. The monoisotopic (exact) mass is 274 g/mol. The lowest BCUT2D eigenvalue weighted by atomic mass is 10.0. The quantitative estimate of drug-likeness (QED) is 0.460. The molecular formula is C16H34O3. The molecule has 3 heteroatoms. The van der Waals surface area contributed by atoms with E-state index in [1.165, 1.54) is 57.8 Å². The summed E-state index contributed by atoms with van der Waals surface area (Å²) in [5.74, 6) is 0. The van der Waals surface area contributed by atoms with Crippen LogP contribution in [0.25, 0.3) is 0 Å². The van der Waals surface area contributed by atoms with Crippen molar-refractivity contribution in [2.24, 2.45) is 0 Å². The van der Waals surface area contributed by atoms with Gasteiger partial charge < -0.3 is 14.6 Å². The third-order valence-electron chi connectivity index (χ3n) is 3.33. The smallest absolute Gasteiger partial charge is 0.0704 e. The predicted molar refractivity (Wildman–Crippen MR) is 80.5 cm³/mol. The topological polar surface area (TPSA) is 38.7 Å². The van der Waals surface area contributed by atoms with E-state index in [-0.39, 0.29) is 6.61 Å². The maximum absolute atomic E-state index is 8.61.